The van der Waals surface area contributed by atoms with Gasteiger partial charge in [0.15, 0.2) is 0 Å². The van der Waals surface area contributed by atoms with Gasteiger partial charge in [-0.15, -0.1) is 0 Å². The van der Waals surface area contributed by atoms with E-state index in [1.807, 2.05) is 11.8 Å². The first-order chi connectivity index (χ1) is 14.5. The Morgan fingerprint density at radius 3 is 2.60 bits per heavy atom. The molecule has 1 fully saturated rings. The SMILES string of the molecule is CCN1c2cc(C(=O)NCc3cc(F)cc(F)c3)ccc2C(=O)N2CCCCCC21. The van der Waals surface area contributed by atoms with Crippen molar-refractivity contribution in [3.8, 4) is 0 Å². The van der Waals surface area contributed by atoms with Crippen LogP contribution in [0, 0.1) is 11.6 Å². The van der Waals surface area contributed by atoms with Crippen molar-refractivity contribution in [2.45, 2.75) is 45.3 Å². The Hall–Kier alpha value is -2.96. The summed E-state index contributed by atoms with van der Waals surface area (Å²) in [6, 6.07) is 8.26. The van der Waals surface area contributed by atoms with E-state index in [-0.39, 0.29) is 24.5 Å². The molecule has 30 heavy (non-hydrogen) atoms. The van der Waals surface area contributed by atoms with Crippen LogP contribution in [0.4, 0.5) is 14.5 Å². The maximum Gasteiger partial charge on any atom is 0.257 e. The fraction of sp³-hybridized carbons (Fsp3) is 0.391. The molecular formula is C23H25F2N3O2. The smallest absolute Gasteiger partial charge is 0.257 e. The van der Waals surface area contributed by atoms with E-state index in [1.54, 1.807) is 18.2 Å². The number of benzene rings is 2. The number of halogens is 2. The van der Waals surface area contributed by atoms with E-state index in [2.05, 4.69) is 10.2 Å². The highest BCUT2D eigenvalue weighted by molar-refractivity contribution is 6.04. The summed E-state index contributed by atoms with van der Waals surface area (Å²) in [6.45, 7) is 3.55. The first kappa shape index (κ1) is 20.3. The summed E-state index contributed by atoms with van der Waals surface area (Å²) in [5, 5.41) is 2.70. The maximum atomic E-state index is 13.4. The molecule has 0 bridgehead atoms. The van der Waals surface area contributed by atoms with Crippen LogP contribution in [0.15, 0.2) is 36.4 Å². The van der Waals surface area contributed by atoms with Gasteiger partial charge in [-0.1, -0.05) is 6.42 Å². The number of carbonyl (C=O) groups excluding carboxylic acids is 2. The van der Waals surface area contributed by atoms with E-state index < -0.39 is 11.6 Å². The number of amides is 2. The third-order valence-electron chi connectivity index (χ3n) is 5.86. The van der Waals surface area contributed by atoms with Crippen LogP contribution < -0.4 is 10.2 Å². The van der Waals surface area contributed by atoms with Gasteiger partial charge in [-0.05, 0) is 62.1 Å². The van der Waals surface area contributed by atoms with Crippen molar-refractivity contribution in [1.82, 2.24) is 10.2 Å². The Balaban J connectivity index is 1.57. The number of hydrogen-bond acceptors (Lipinski definition) is 3. The molecule has 2 aromatic carbocycles. The standard InChI is InChI=1S/C23H25F2N3O2/c1-2-27-20-12-16(22(29)26-14-15-10-17(24)13-18(25)11-15)7-8-19(20)23(30)28-9-5-3-4-6-21(27)28/h7-8,10-13,21H,2-6,9,14H2,1H3,(H,26,29). The highest BCUT2D eigenvalue weighted by atomic mass is 19.1. The zero-order valence-corrected chi connectivity index (χ0v) is 17.0. The van der Waals surface area contributed by atoms with Gasteiger partial charge < -0.3 is 15.1 Å². The van der Waals surface area contributed by atoms with Gasteiger partial charge in [0.05, 0.1) is 11.3 Å². The molecule has 1 saturated heterocycles. The van der Waals surface area contributed by atoms with Gasteiger partial charge >= 0.3 is 0 Å². The van der Waals surface area contributed by atoms with Crippen molar-refractivity contribution < 1.29 is 18.4 Å². The summed E-state index contributed by atoms with van der Waals surface area (Å²) in [7, 11) is 0. The van der Waals surface area contributed by atoms with E-state index >= 15 is 0 Å². The van der Waals surface area contributed by atoms with Crippen molar-refractivity contribution >= 4 is 17.5 Å². The number of nitrogens with one attached hydrogen (secondary N) is 1. The third kappa shape index (κ3) is 3.88. The Kier molecular flexibility index (Phi) is 5.70. The van der Waals surface area contributed by atoms with Crippen LogP contribution in [0.5, 0.6) is 0 Å². The second-order valence-corrected chi connectivity index (χ2v) is 7.81. The predicted molar refractivity (Wildman–Crippen MR) is 110 cm³/mol. The molecule has 0 radical (unpaired) electrons. The van der Waals surface area contributed by atoms with Crippen molar-refractivity contribution in [2.75, 3.05) is 18.0 Å². The molecule has 158 valence electrons. The molecule has 0 spiro atoms. The molecule has 1 N–H and O–H groups in total. The molecule has 4 rings (SSSR count). The molecule has 2 aromatic rings. The average molecular weight is 413 g/mol. The molecule has 0 aliphatic carbocycles. The van der Waals surface area contributed by atoms with Crippen molar-refractivity contribution in [3.63, 3.8) is 0 Å². The fourth-order valence-corrected chi connectivity index (χ4v) is 4.44. The summed E-state index contributed by atoms with van der Waals surface area (Å²) >= 11 is 0. The molecule has 2 heterocycles. The molecule has 2 aliphatic heterocycles. The van der Waals surface area contributed by atoms with Gasteiger partial charge in [0, 0.05) is 31.3 Å². The summed E-state index contributed by atoms with van der Waals surface area (Å²) in [5.74, 6) is -1.70. The minimum atomic E-state index is -0.682. The lowest BCUT2D eigenvalue weighted by molar-refractivity contribution is 0.0656. The molecule has 0 aromatic heterocycles. The molecule has 1 atom stereocenters. The predicted octanol–water partition coefficient (Wildman–Crippen LogP) is 4.08. The molecule has 2 amide bonds. The quantitative estimate of drug-likeness (QED) is 0.822. The molecule has 0 saturated carbocycles. The van der Waals surface area contributed by atoms with Gasteiger partial charge in [-0.25, -0.2) is 8.78 Å². The summed E-state index contributed by atoms with van der Waals surface area (Å²) in [5.41, 5.74) is 2.14. The molecule has 7 heteroatoms. The lowest BCUT2D eigenvalue weighted by Crippen LogP contribution is -2.55. The fourth-order valence-electron chi connectivity index (χ4n) is 4.44. The van der Waals surface area contributed by atoms with Crippen LogP contribution in [0.2, 0.25) is 0 Å². The number of anilines is 1. The van der Waals surface area contributed by atoms with E-state index in [0.29, 0.717) is 16.7 Å². The Labute approximate surface area is 174 Å². The largest absolute Gasteiger partial charge is 0.351 e. The van der Waals surface area contributed by atoms with Gasteiger partial charge in [0.1, 0.15) is 17.8 Å². The first-order valence-corrected chi connectivity index (χ1v) is 10.4. The second kappa shape index (κ2) is 8.42. The molecule has 5 nitrogen and oxygen atoms in total. The molecule has 2 aliphatic rings. The van der Waals surface area contributed by atoms with Crippen LogP contribution >= 0.6 is 0 Å². The minimum absolute atomic E-state index is 0.0113. The lowest BCUT2D eigenvalue weighted by atomic mass is 10.0. The number of hydrogen-bond donors (Lipinski definition) is 1. The number of fused-ring (bicyclic) bond motifs is 2. The van der Waals surface area contributed by atoms with Gasteiger partial charge in [0.2, 0.25) is 0 Å². The van der Waals surface area contributed by atoms with Crippen LogP contribution in [0.25, 0.3) is 0 Å². The summed E-state index contributed by atoms with van der Waals surface area (Å²) in [4.78, 5) is 29.9. The molecule has 1 unspecified atom stereocenters. The van der Waals surface area contributed by atoms with Gasteiger partial charge in [-0.3, -0.25) is 9.59 Å². The minimum Gasteiger partial charge on any atom is -0.351 e. The van der Waals surface area contributed by atoms with Crippen molar-refractivity contribution in [1.29, 1.82) is 0 Å². The van der Waals surface area contributed by atoms with Crippen LogP contribution in [0.1, 0.15) is 58.9 Å². The van der Waals surface area contributed by atoms with Gasteiger partial charge in [-0.2, -0.15) is 0 Å². The highest BCUT2D eigenvalue weighted by Crippen LogP contribution is 2.35. The average Bonchev–Trinajstić information content (AvgIpc) is 2.98. The number of carbonyl (C=O) groups is 2. The maximum absolute atomic E-state index is 13.4. The zero-order valence-electron chi connectivity index (χ0n) is 17.0. The number of nitrogens with zero attached hydrogens (tertiary/aromatic N) is 2. The van der Waals surface area contributed by atoms with Crippen LogP contribution in [0.3, 0.4) is 0 Å². The Morgan fingerprint density at radius 2 is 1.87 bits per heavy atom. The van der Waals surface area contributed by atoms with Crippen molar-refractivity contribution in [2.24, 2.45) is 0 Å². The normalized spacial score (nSPS) is 18.5. The van der Waals surface area contributed by atoms with E-state index in [4.69, 9.17) is 0 Å². The zero-order chi connectivity index (χ0) is 21.3. The Morgan fingerprint density at radius 1 is 1.10 bits per heavy atom. The van der Waals surface area contributed by atoms with Crippen molar-refractivity contribution in [3.05, 3.63) is 64.7 Å². The number of rotatable bonds is 4. The monoisotopic (exact) mass is 413 g/mol. The first-order valence-electron chi connectivity index (χ1n) is 10.4. The Bertz CT molecular complexity index is 959. The second-order valence-electron chi connectivity index (χ2n) is 7.81. The van der Waals surface area contributed by atoms with E-state index in [9.17, 15) is 18.4 Å². The van der Waals surface area contributed by atoms with Gasteiger partial charge in [0.25, 0.3) is 11.8 Å². The topological polar surface area (TPSA) is 52.7 Å². The lowest BCUT2D eigenvalue weighted by Gasteiger charge is -2.44. The highest BCUT2D eigenvalue weighted by Gasteiger charge is 2.37. The van der Waals surface area contributed by atoms with Crippen LogP contribution in [-0.2, 0) is 6.54 Å². The summed E-state index contributed by atoms with van der Waals surface area (Å²) in [6.07, 6.45) is 4.13. The molecular weight excluding hydrogens is 388 g/mol. The third-order valence-corrected chi connectivity index (χ3v) is 5.86. The van der Waals surface area contributed by atoms with E-state index in [0.717, 1.165) is 50.5 Å². The van der Waals surface area contributed by atoms with E-state index in [1.165, 1.54) is 12.1 Å². The van der Waals surface area contributed by atoms with Crippen LogP contribution in [-0.4, -0.2) is 36.0 Å². The summed E-state index contributed by atoms with van der Waals surface area (Å²) < 4.78 is 26.7.